The Morgan fingerprint density at radius 2 is 1.65 bits per heavy atom. The van der Waals surface area contributed by atoms with Gasteiger partial charge < -0.3 is 20.4 Å². The van der Waals surface area contributed by atoms with Crippen molar-refractivity contribution >= 4 is 33.6 Å². The molecule has 0 bridgehead atoms. The summed E-state index contributed by atoms with van der Waals surface area (Å²) in [4.78, 5) is 29.1. The van der Waals surface area contributed by atoms with Gasteiger partial charge in [-0.3, -0.25) is 4.79 Å². The number of aromatic nitrogens is 1. The minimum Gasteiger partial charge on any atom is -0.467 e. The van der Waals surface area contributed by atoms with Gasteiger partial charge in [-0.1, -0.05) is 79.2 Å². The Kier molecular flexibility index (Phi) is 8.57. The van der Waals surface area contributed by atoms with Crippen molar-refractivity contribution in [3.63, 3.8) is 0 Å². The Labute approximate surface area is 252 Å². The first-order valence-electron chi connectivity index (χ1n) is 15.3. The Bertz CT molecular complexity index is 1720. The number of fused-ring (bicyclic) bond motifs is 2. The van der Waals surface area contributed by atoms with Gasteiger partial charge in [0.25, 0.3) is 5.91 Å². The van der Waals surface area contributed by atoms with Gasteiger partial charge in [0.15, 0.2) is 0 Å². The number of para-hydroxylation sites is 1. The maximum absolute atomic E-state index is 13.2. The van der Waals surface area contributed by atoms with Crippen LogP contribution >= 0.6 is 0 Å². The topological polar surface area (TPSA) is 83.2 Å². The Morgan fingerprint density at radius 1 is 0.907 bits per heavy atom. The zero-order valence-electron chi connectivity index (χ0n) is 24.8. The third-order valence-corrected chi connectivity index (χ3v) is 8.98. The van der Waals surface area contributed by atoms with Gasteiger partial charge in [0.1, 0.15) is 6.04 Å². The lowest BCUT2D eigenvalue weighted by molar-refractivity contribution is -0.142. The van der Waals surface area contributed by atoms with Crippen molar-refractivity contribution in [1.29, 1.82) is 0 Å². The normalized spacial score (nSPS) is 18.3. The Hall–Kier alpha value is -4.42. The van der Waals surface area contributed by atoms with Crippen LogP contribution in [0.15, 0.2) is 97.2 Å². The number of nitrogens with one attached hydrogen (secondary N) is 3. The predicted molar refractivity (Wildman–Crippen MR) is 172 cm³/mol. The second-order valence-electron chi connectivity index (χ2n) is 11.8. The molecule has 0 aliphatic heterocycles. The lowest BCUT2D eigenvalue weighted by Crippen LogP contribution is -2.43. The third-order valence-electron chi connectivity index (χ3n) is 8.98. The average Bonchev–Trinajstić information content (AvgIpc) is 3.46. The molecule has 1 aliphatic rings. The molecule has 1 fully saturated rings. The summed E-state index contributed by atoms with van der Waals surface area (Å²) in [7, 11) is 1.35. The molecule has 1 amide bonds. The van der Waals surface area contributed by atoms with E-state index in [9.17, 15) is 9.59 Å². The van der Waals surface area contributed by atoms with Crippen LogP contribution in [-0.2, 0) is 16.0 Å². The first-order chi connectivity index (χ1) is 21.0. The number of hydrogen-bond donors (Lipinski definition) is 3. The van der Waals surface area contributed by atoms with E-state index < -0.39 is 12.0 Å². The lowest BCUT2D eigenvalue weighted by Gasteiger charge is -2.32. The largest absolute Gasteiger partial charge is 0.467 e. The van der Waals surface area contributed by atoms with E-state index in [0.29, 0.717) is 23.9 Å². The highest BCUT2D eigenvalue weighted by molar-refractivity contribution is 5.97. The number of aromatic amines is 1. The van der Waals surface area contributed by atoms with E-state index in [1.807, 2.05) is 42.6 Å². The van der Waals surface area contributed by atoms with Gasteiger partial charge in [0.05, 0.1) is 7.11 Å². The maximum atomic E-state index is 13.2. The highest BCUT2D eigenvalue weighted by Crippen LogP contribution is 2.35. The summed E-state index contributed by atoms with van der Waals surface area (Å²) in [6, 6.07) is 30.8. The fourth-order valence-electron chi connectivity index (χ4n) is 6.72. The molecule has 1 heterocycles. The van der Waals surface area contributed by atoms with Crippen LogP contribution in [0.5, 0.6) is 0 Å². The van der Waals surface area contributed by atoms with E-state index >= 15 is 0 Å². The number of methoxy groups -OCH3 is 1. The highest BCUT2D eigenvalue weighted by Gasteiger charge is 2.26. The highest BCUT2D eigenvalue weighted by atomic mass is 16.5. The van der Waals surface area contributed by atoms with Gasteiger partial charge in [0, 0.05) is 41.2 Å². The average molecular weight is 574 g/mol. The fourth-order valence-corrected chi connectivity index (χ4v) is 6.72. The molecule has 43 heavy (non-hydrogen) atoms. The molecule has 4 atom stereocenters. The van der Waals surface area contributed by atoms with Crippen molar-refractivity contribution < 1.29 is 14.3 Å². The van der Waals surface area contributed by atoms with Gasteiger partial charge in [-0.2, -0.15) is 0 Å². The molecular weight excluding hydrogens is 534 g/mol. The number of amides is 1. The van der Waals surface area contributed by atoms with Gasteiger partial charge in [-0.25, -0.2) is 4.79 Å². The molecule has 0 spiro atoms. The summed E-state index contributed by atoms with van der Waals surface area (Å²) in [6.07, 6.45) is 6.76. The zero-order chi connectivity index (χ0) is 29.8. The number of ether oxygens (including phenoxy) is 1. The van der Waals surface area contributed by atoms with Crippen LogP contribution in [0, 0.1) is 0 Å². The van der Waals surface area contributed by atoms with Crippen LogP contribution < -0.4 is 10.6 Å². The van der Waals surface area contributed by atoms with E-state index in [-0.39, 0.29) is 11.9 Å². The molecule has 2 unspecified atom stereocenters. The predicted octanol–water partition coefficient (Wildman–Crippen LogP) is 7.21. The van der Waals surface area contributed by atoms with Crippen LogP contribution in [0.25, 0.3) is 21.7 Å². The van der Waals surface area contributed by atoms with E-state index in [0.717, 1.165) is 35.7 Å². The number of benzene rings is 4. The minimum absolute atomic E-state index is 0.257. The van der Waals surface area contributed by atoms with Gasteiger partial charge >= 0.3 is 5.97 Å². The summed E-state index contributed by atoms with van der Waals surface area (Å²) in [5.74, 6) is -0.310. The van der Waals surface area contributed by atoms with Crippen molar-refractivity contribution in [2.45, 2.75) is 63.1 Å². The summed E-state index contributed by atoms with van der Waals surface area (Å²) < 4.78 is 5.03. The number of rotatable bonds is 9. The van der Waals surface area contributed by atoms with Gasteiger partial charge in [-0.05, 0) is 77.8 Å². The second kappa shape index (κ2) is 12.8. The number of esters is 1. The van der Waals surface area contributed by atoms with E-state index in [2.05, 4.69) is 77.1 Å². The molecule has 6 heteroatoms. The van der Waals surface area contributed by atoms with Gasteiger partial charge in [0.2, 0.25) is 0 Å². The van der Waals surface area contributed by atoms with Crippen molar-refractivity contribution in [2.75, 3.05) is 7.11 Å². The van der Waals surface area contributed by atoms with Crippen LogP contribution in [0.4, 0.5) is 0 Å². The molecule has 1 saturated carbocycles. The number of carbonyl (C=O) groups is 2. The molecule has 3 N–H and O–H groups in total. The SMILES string of the molecule is COC(=O)[C@@H](Cc1c[nH]c2ccccc12)NC(=O)c1ccc([C@H]2CCCC(NC(C)c3cccc4ccccc34)C2)cc1. The molecule has 5 aromatic rings. The van der Waals surface area contributed by atoms with E-state index in [4.69, 9.17) is 4.74 Å². The summed E-state index contributed by atoms with van der Waals surface area (Å²) in [6.45, 7) is 2.26. The molecule has 6 nitrogen and oxygen atoms in total. The molecule has 0 saturated heterocycles. The molecular formula is C37H39N3O3. The summed E-state index contributed by atoms with van der Waals surface area (Å²) in [5.41, 5.74) is 5.07. The van der Waals surface area contributed by atoms with Crippen molar-refractivity contribution in [1.82, 2.24) is 15.6 Å². The van der Waals surface area contributed by atoms with Crippen LogP contribution in [0.2, 0.25) is 0 Å². The first-order valence-corrected chi connectivity index (χ1v) is 15.3. The number of hydrogen-bond acceptors (Lipinski definition) is 4. The first kappa shape index (κ1) is 28.7. The molecule has 1 aliphatic carbocycles. The van der Waals surface area contributed by atoms with Crippen molar-refractivity contribution in [3.8, 4) is 0 Å². The minimum atomic E-state index is -0.787. The number of H-pyrrole nitrogens is 1. The van der Waals surface area contributed by atoms with Gasteiger partial charge in [-0.15, -0.1) is 0 Å². The third kappa shape index (κ3) is 6.35. The Balaban J connectivity index is 1.09. The molecule has 4 aromatic carbocycles. The van der Waals surface area contributed by atoms with Crippen LogP contribution in [0.1, 0.15) is 71.6 Å². The van der Waals surface area contributed by atoms with Crippen LogP contribution in [-0.4, -0.2) is 36.1 Å². The summed E-state index contributed by atoms with van der Waals surface area (Å²) in [5, 5.41) is 10.4. The quantitative estimate of drug-likeness (QED) is 0.163. The molecule has 220 valence electrons. The fraction of sp³-hybridized carbons (Fsp3) is 0.297. The lowest BCUT2D eigenvalue weighted by atomic mass is 9.80. The zero-order valence-corrected chi connectivity index (χ0v) is 24.8. The smallest absolute Gasteiger partial charge is 0.328 e. The van der Waals surface area contributed by atoms with Crippen LogP contribution in [0.3, 0.4) is 0 Å². The molecule has 1 aromatic heterocycles. The van der Waals surface area contributed by atoms with E-state index in [1.165, 1.54) is 35.4 Å². The maximum Gasteiger partial charge on any atom is 0.328 e. The standard InChI is InChI=1S/C37H39N3O3/c1-24(31-15-8-10-26-9-3-4-13-32(26)31)39-30-12-7-11-28(21-30)25-17-19-27(20-18-25)36(41)40-35(37(42)43-2)22-29-23-38-34-16-6-5-14-33(29)34/h3-6,8-10,13-20,23-24,28,30,35,38-39H,7,11-12,21-22H2,1-2H3,(H,40,41)/t24?,28-,30?,35+/m0/s1. The number of carbonyl (C=O) groups excluding carboxylic acids is 2. The second-order valence-corrected chi connectivity index (χ2v) is 11.8. The van der Waals surface area contributed by atoms with E-state index in [1.54, 1.807) is 0 Å². The van der Waals surface area contributed by atoms with Crippen molar-refractivity contribution in [3.05, 3.63) is 119 Å². The molecule has 0 radical (unpaired) electrons. The van der Waals surface area contributed by atoms with Crippen molar-refractivity contribution in [2.24, 2.45) is 0 Å². The molecule has 6 rings (SSSR count). The monoisotopic (exact) mass is 573 g/mol. The Morgan fingerprint density at radius 3 is 2.47 bits per heavy atom. The summed E-state index contributed by atoms with van der Waals surface area (Å²) >= 11 is 0.